The van der Waals surface area contributed by atoms with Crippen molar-refractivity contribution in [1.29, 1.82) is 0 Å². The molecule has 1 fully saturated rings. The number of aliphatic hydroxyl groups excluding tert-OH is 1. The van der Waals surface area contributed by atoms with Crippen LogP contribution in [-0.2, 0) is 9.53 Å². The molecule has 1 saturated carbocycles. The highest BCUT2D eigenvalue weighted by atomic mass is 35.5. The lowest BCUT2D eigenvalue weighted by Gasteiger charge is -2.39. The maximum atomic E-state index is 12.5. The number of rotatable bonds is 9. The predicted molar refractivity (Wildman–Crippen MR) is 148 cm³/mol. The van der Waals surface area contributed by atoms with E-state index in [0.717, 1.165) is 54.9 Å². The molecule has 2 aromatic rings. The van der Waals surface area contributed by atoms with Gasteiger partial charge in [0.05, 0.1) is 35.8 Å². The quantitative estimate of drug-likeness (QED) is 0.274. The average Bonchev–Trinajstić information content (AvgIpc) is 2.78. The fourth-order valence-electron chi connectivity index (χ4n) is 4.77. The van der Waals surface area contributed by atoms with Crippen molar-refractivity contribution in [3.05, 3.63) is 47.2 Å². The minimum atomic E-state index is -0.500. The molecule has 1 aromatic heterocycles. The van der Waals surface area contributed by atoms with Crippen LogP contribution in [0, 0.1) is 5.92 Å². The first-order valence-electron chi connectivity index (χ1n) is 13.1. The third-order valence-electron chi connectivity index (χ3n) is 6.47. The van der Waals surface area contributed by atoms with Crippen LogP contribution in [0.25, 0.3) is 0 Å². The summed E-state index contributed by atoms with van der Waals surface area (Å²) >= 11 is 6.02. The standard InChI is InChI=1S/C29H42ClN3O3/c1-19(2)18-33(23-9-11-24(34)12-10-23)26-13-7-21(20(3)15-28(35)36-29(4,5)6)16-25(26)32-22-8-14-27(30)31-17-22/h7-8,13-14,16-17,19-20,23-24,32,34H,9-12,15,18H2,1-6H3/t20?,23-,24-. The fraction of sp³-hybridized carbons (Fsp3) is 0.586. The molecule has 1 unspecified atom stereocenters. The molecule has 1 aliphatic rings. The molecule has 7 heteroatoms. The van der Waals surface area contributed by atoms with E-state index in [1.165, 1.54) is 0 Å². The minimum absolute atomic E-state index is 0.00108. The van der Waals surface area contributed by atoms with Crippen LogP contribution in [-0.4, -0.2) is 40.4 Å². The summed E-state index contributed by atoms with van der Waals surface area (Å²) in [5.74, 6) is 0.284. The second-order valence-electron chi connectivity index (χ2n) is 11.5. The van der Waals surface area contributed by atoms with Gasteiger partial charge in [-0.15, -0.1) is 0 Å². The molecule has 0 saturated heterocycles. The second-order valence-corrected chi connectivity index (χ2v) is 11.9. The summed E-state index contributed by atoms with van der Waals surface area (Å²) in [6.07, 6.45) is 5.43. The highest BCUT2D eigenvalue weighted by Crippen LogP contribution is 2.37. The summed E-state index contributed by atoms with van der Waals surface area (Å²) in [6, 6.07) is 10.5. The number of benzene rings is 1. The lowest BCUT2D eigenvalue weighted by Crippen LogP contribution is -2.41. The molecule has 1 aliphatic carbocycles. The van der Waals surface area contributed by atoms with E-state index in [4.69, 9.17) is 16.3 Å². The summed E-state index contributed by atoms with van der Waals surface area (Å²) in [7, 11) is 0. The smallest absolute Gasteiger partial charge is 0.306 e. The van der Waals surface area contributed by atoms with E-state index in [2.05, 4.69) is 54.2 Å². The van der Waals surface area contributed by atoms with Crippen molar-refractivity contribution in [2.45, 2.75) is 97.3 Å². The van der Waals surface area contributed by atoms with Crippen molar-refractivity contribution in [3.63, 3.8) is 0 Å². The van der Waals surface area contributed by atoms with Crippen molar-refractivity contribution in [1.82, 2.24) is 4.98 Å². The number of nitrogens with one attached hydrogen (secondary N) is 1. The van der Waals surface area contributed by atoms with Crippen LogP contribution in [0.5, 0.6) is 0 Å². The molecule has 1 heterocycles. The highest BCUT2D eigenvalue weighted by molar-refractivity contribution is 6.29. The van der Waals surface area contributed by atoms with E-state index in [1.807, 2.05) is 26.8 Å². The summed E-state index contributed by atoms with van der Waals surface area (Å²) < 4.78 is 5.56. The second kappa shape index (κ2) is 12.3. The van der Waals surface area contributed by atoms with E-state index in [1.54, 1.807) is 12.3 Å². The third-order valence-corrected chi connectivity index (χ3v) is 6.69. The van der Waals surface area contributed by atoms with Crippen molar-refractivity contribution in [3.8, 4) is 0 Å². The van der Waals surface area contributed by atoms with Gasteiger partial charge in [-0.25, -0.2) is 4.98 Å². The molecule has 0 amide bonds. The molecule has 3 rings (SSSR count). The van der Waals surface area contributed by atoms with Gasteiger partial charge in [0.25, 0.3) is 0 Å². The van der Waals surface area contributed by atoms with Crippen LogP contribution < -0.4 is 10.2 Å². The van der Waals surface area contributed by atoms with Crippen LogP contribution in [0.1, 0.15) is 85.1 Å². The van der Waals surface area contributed by atoms with Crippen LogP contribution in [0.4, 0.5) is 17.1 Å². The highest BCUT2D eigenvalue weighted by Gasteiger charge is 2.28. The van der Waals surface area contributed by atoms with Gasteiger partial charge in [0.15, 0.2) is 0 Å². The Bertz CT molecular complexity index is 996. The first kappa shape index (κ1) is 28.3. The van der Waals surface area contributed by atoms with Gasteiger partial charge in [0.2, 0.25) is 0 Å². The fourth-order valence-corrected chi connectivity index (χ4v) is 4.89. The molecule has 6 nitrogen and oxygen atoms in total. The Morgan fingerprint density at radius 2 is 1.86 bits per heavy atom. The molecule has 0 spiro atoms. The summed E-state index contributed by atoms with van der Waals surface area (Å²) in [5, 5.41) is 14.1. The van der Waals surface area contributed by atoms with Crippen molar-refractivity contribution in [2.24, 2.45) is 5.92 Å². The van der Waals surface area contributed by atoms with E-state index >= 15 is 0 Å². The lowest BCUT2D eigenvalue weighted by atomic mass is 9.90. The number of carbonyl (C=O) groups is 1. The Balaban J connectivity index is 1.95. The monoisotopic (exact) mass is 515 g/mol. The van der Waals surface area contributed by atoms with Crippen molar-refractivity contribution >= 4 is 34.6 Å². The zero-order chi connectivity index (χ0) is 26.5. The Labute approximate surface area is 221 Å². The van der Waals surface area contributed by atoms with Crippen LogP contribution in [0.2, 0.25) is 5.15 Å². The Kier molecular flexibility index (Phi) is 9.65. The third kappa shape index (κ3) is 8.38. The number of aliphatic hydroxyl groups is 1. The number of aromatic nitrogens is 1. The average molecular weight is 516 g/mol. The molecule has 0 bridgehead atoms. The molecule has 1 atom stereocenters. The van der Waals surface area contributed by atoms with Crippen LogP contribution >= 0.6 is 11.6 Å². The normalized spacial score (nSPS) is 19.1. The Hall–Kier alpha value is -2.31. The predicted octanol–water partition coefficient (Wildman–Crippen LogP) is 7.08. The first-order valence-corrected chi connectivity index (χ1v) is 13.5. The number of esters is 1. The van der Waals surface area contributed by atoms with E-state index < -0.39 is 5.60 Å². The van der Waals surface area contributed by atoms with Gasteiger partial charge < -0.3 is 20.1 Å². The van der Waals surface area contributed by atoms with E-state index in [9.17, 15) is 9.90 Å². The molecule has 198 valence electrons. The number of anilines is 3. The van der Waals surface area contributed by atoms with E-state index in [-0.39, 0.29) is 18.0 Å². The van der Waals surface area contributed by atoms with Gasteiger partial charge in [0.1, 0.15) is 10.8 Å². The summed E-state index contributed by atoms with van der Waals surface area (Å²) in [4.78, 5) is 19.2. The Morgan fingerprint density at radius 1 is 1.17 bits per heavy atom. The maximum Gasteiger partial charge on any atom is 0.306 e. The summed E-state index contributed by atoms with van der Waals surface area (Å²) in [5.41, 5.74) is 3.51. The summed E-state index contributed by atoms with van der Waals surface area (Å²) in [6.45, 7) is 13.1. The van der Waals surface area contributed by atoms with Crippen molar-refractivity contribution < 1.29 is 14.6 Å². The topological polar surface area (TPSA) is 74.7 Å². The largest absolute Gasteiger partial charge is 0.460 e. The number of halogens is 1. The van der Waals surface area contributed by atoms with Gasteiger partial charge >= 0.3 is 5.97 Å². The zero-order valence-corrected chi connectivity index (χ0v) is 23.3. The SMILES string of the molecule is CC(C)CN(c1ccc(C(C)CC(=O)OC(C)(C)C)cc1Nc1ccc(Cl)nc1)[C@H]1CC[C@H](O)CC1. The molecular formula is C29H42ClN3O3. The number of ether oxygens (including phenoxy) is 1. The van der Waals surface area contributed by atoms with Gasteiger partial charge in [0, 0.05) is 12.6 Å². The van der Waals surface area contributed by atoms with Gasteiger partial charge in [-0.2, -0.15) is 0 Å². The number of carbonyl (C=O) groups excluding carboxylic acids is 1. The number of hydrogen-bond donors (Lipinski definition) is 2. The molecule has 1 aromatic carbocycles. The molecular weight excluding hydrogens is 474 g/mol. The van der Waals surface area contributed by atoms with E-state index in [0.29, 0.717) is 23.5 Å². The number of hydrogen-bond acceptors (Lipinski definition) is 6. The van der Waals surface area contributed by atoms with Crippen LogP contribution in [0.15, 0.2) is 36.5 Å². The van der Waals surface area contributed by atoms with Crippen molar-refractivity contribution in [2.75, 3.05) is 16.8 Å². The van der Waals surface area contributed by atoms with Crippen LogP contribution in [0.3, 0.4) is 0 Å². The molecule has 0 aliphatic heterocycles. The molecule has 0 radical (unpaired) electrons. The lowest BCUT2D eigenvalue weighted by molar-refractivity contribution is -0.155. The van der Waals surface area contributed by atoms with Gasteiger partial charge in [-0.3, -0.25) is 4.79 Å². The minimum Gasteiger partial charge on any atom is -0.460 e. The molecule has 36 heavy (non-hydrogen) atoms. The maximum absolute atomic E-state index is 12.5. The molecule has 2 N–H and O–H groups in total. The number of pyridine rings is 1. The van der Waals surface area contributed by atoms with Gasteiger partial charge in [-0.05, 0) is 88.1 Å². The number of nitrogens with zero attached hydrogens (tertiary/aromatic N) is 2. The van der Waals surface area contributed by atoms with Gasteiger partial charge in [-0.1, -0.05) is 38.4 Å². The Morgan fingerprint density at radius 3 is 2.44 bits per heavy atom. The first-order chi connectivity index (χ1) is 16.9. The zero-order valence-electron chi connectivity index (χ0n) is 22.6.